The molecule has 6 nitrogen and oxygen atoms in total. The molecule has 0 saturated carbocycles. The number of pyridine rings is 1. The molecule has 3 rings (SSSR count). The van der Waals surface area contributed by atoms with Crippen molar-refractivity contribution in [1.29, 1.82) is 0 Å². The zero-order valence-corrected chi connectivity index (χ0v) is 14.9. The summed E-state index contributed by atoms with van der Waals surface area (Å²) in [5.41, 5.74) is -1.80. The normalized spacial score (nSPS) is 11.1. The van der Waals surface area contributed by atoms with Crippen LogP contribution in [0.4, 0.5) is 13.2 Å². The Morgan fingerprint density at radius 2 is 1.89 bits per heavy atom. The number of nitrogens with zero attached hydrogens (tertiary/aromatic N) is 1. The lowest BCUT2D eigenvalue weighted by molar-refractivity contribution is -0.142. The van der Waals surface area contributed by atoms with E-state index in [-0.39, 0.29) is 23.7 Å². The molecule has 0 radical (unpaired) electrons. The van der Waals surface area contributed by atoms with Crippen LogP contribution in [-0.4, -0.2) is 22.9 Å². The molecule has 0 unspecified atom stereocenters. The van der Waals surface area contributed by atoms with Gasteiger partial charge in [-0.1, -0.05) is 0 Å². The first kappa shape index (κ1) is 18.9. The number of halogens is 3. The highest BCUT2D eigenvalue weighted by molar-refractivity contribution is 7.16. The molecule has 0 fully saturated rings. The van der Waals surface area contributed by atoms with Gasteiger partial charge in [-0.05, 0) is 13.0 Å². The molecule has 1 aromatic carbocycles. The summed E-state index contributed by atoms with van der Waals surface area (Å²) in [7, 11) is 0. The molecule has 0 aliphatic carbocycles. The molecule has 3 aromatic rings. The maximum Gasteiger partial charge on any atom is 0.345 e. The number of esters is 2. The number of hydrogen-bond donors (Lipinski definition) is 0. The molecule has 142 valence electrons. The number of carbonyl (C=O) groups is 2. The van der Waals surface area contributed by atoms with Gasteiger partial charge in [0.2, 0.25) is 5.43 Å². The fourth-order valence-electron chi connectivity index (χ4n) is 2.64. The Hall–Kier alpha value is -2.88. The molecular formula is C17H12F3NO5S. The second-order valence-corrected chi connectivity index (χ2v) is 6.31. The van der Waals surface area contributed by atoms with E-state index in [9.17, 15) is 27.6 Å². The van der Waals surface area contributed by atoms with Gasteiger partial charge in [0.15, 0.2) is 17.5 Å². The van der Waals surface area contributed by atoms with Crippen LogP contribution in [0.15, 0.2) is 16.2 Å². The Morgan fingerprint density at radius 1 is 1.19 bits per heavy atom. The van der Waals surface area contributed by atoms with E-state index in [4.69, 9.17) is 9.47 Å². The topological polar surface area (TPSA) is 74.1 Å². The second-order valence-electron chi connectivity index (χ2n) is 5.45. The predicted molar refractivity (Wildman–Crippen MR) is 90.4 cm³/mol. The van der Waals surface area contributed by atoms with E-state index in [0.29, 0.717) is 6.07 Å². The Morgan fingerprint density at radius 3 is 2.52 bits per heavy atom. The van der Waals surface area contributed by atoms with E-state index in [1.807, 2.05) is 0 Å². The van der Waals surface area contributed by atoms with E-state index in [0.717, 1.165) is 22.7 Å². The number of hydrogen-bond acceptors (Lipinski definition) is 6. The summed E-state index contributed by atoms with van der Waals surface area (Å²) < 4.78 is 52.8. The zero-order valence-electron chi connectivity index (χ0n) is 14.1. The monoisotopic (exact) mass is 399 g/mol. The maximum atomic E-state index is 14.5. The van der Waals surface area contributed by atoms with Crippen molar-refractivity contribution in [3.8, 4) is 0 Å². The van der Waals surface area contributed by atoms with Gasteiger partial charge in [0.1, 0.15) is 17.0 Å². The molecule has 2 heterocycles. The van der Waals surface area contributed by atoms with E-state index in [2.05, 4.69) is 0 Å². The first-order valence-corrected chi connectivity index (χ1v) is 8.58. The smallest absolute Gasteiger partial charge is 0.345 e. The van der Waals surface area contributed by atoms with Gasteiger partial charge in [0.25, 0.3) is 0 Å². The lowest BCUT2D eigenvalue weighted by atomic mass is 10.1. The van der Waals surface area contributed by atoms with Crippen LogP contribution in [0, 0.1) is 17.5 Å². The summed E-state index contributed by atoms with van der Waals surface area (Å²) in [5, 5.41) is 0.884. The summed E-state index contributed by atoms with van der Waals surface area (Å²) in [4.78, 5) is 36.0. The molecule has 0 amide bonds. The van der Waals surface area contributed by atoms with Crippen LogP contribution in [0.1, 0.15) is 29.9 Å². The number of aromatic nitrogens is 1. The van der Waals surface area contributed by atoms with Crippen LogP contribution in [-0.2, 0) is 20.9 Å². The summed E-state index contributed by atoms with van der Waals surface area (Å²) in [6.07, 6.45) is 0. The number of carbonyl (C=O) groups excluding carboxylic acids is 2. The molecular weight excluding hydrogens is 387 g/mol. The lowest BCUT2D eigenvalue weighted by Gasteiger charge is -2.11. The number of rotatable bonds is 4. The molecule has 0 aliphatic rings. The Labute approximate surface area is 153 Å². The molecule has 27 heavy (non-hydrogen) atoms. The molecule has 0 N–H and O–H groups in total. The van der Waals surface area contributed by atoms with Crippen molar-refractivity contribution in [3.63, 3.8) is 0 Å². The first-order valence-electron chi connectivity index (χ1n) is 7.70. The molecule has 0 atom stereocenters. The minimum atomic E-state index is -1.76. The molecule has 0 bridgehead atoms. The summed E-state index contributed by atoms with van der Waals surface area (Å²) in [6.45, 7) is 2.34. The van der Waals surface area contributed by atoms with Crippen LogP contribution < -0.4 is 5.43 Å². The van der Waals surface area contributed by atoms with Gasteiger partial charge in [0, 0.05) is 12.3 Å². The van der Waals surface area contributed by atoms with E-state index < -0.39 is 51.3 Å². The SMILES string of the molecule is CCOC(=O)c1c(=O)c2cc(F)c(F)c(F)c2n2c(COC(C)=O)csc12. The number of ether oxygens (including phenoxy) is 2. The van der Waals surface area contributed by atoms with Gasteiger partial charge in [-0.3, -0.25) is 14.0 Å². The van der Waals surface area contributed by atoms with Gasteiger partial charge >= 0.3 is 11.9 Å². The van der Waals surface area contributed by atoms with Crippen LogP contribution in [0.5, 0.6) is 0 Å². The third kappa shape index (κ3) is 3.05. The molecule has 2 aromatic heterocycles. The predicted octanol–water partition coefficient (Wildman–Crippen LogP) is 3.17. The zero-order chi connectivity index (χ0) is 19.9. The Kier molecular flexibility index (Phi) is 4.92. The van der Waals surface area contributed by atoms with Crippen molar-refractivity contribution in [2.75, 3.05) is 6.61 Å². The van der Waals surface area contributed by atoms with Crippen molar-refractivity contribution in [3.05, 3.63) is 50.4 Å². The van der Waals surface area contributed by atoms with Crippen LogP contribution in [0.3, 0.4) is 0 Å². The maximum absolute atomic E-state index is 14.5. The summed E-state index contributed by atoms with van der Waals surface area (Å²) in [5.74, 6) is -6.52. The molecule has 0 spiro atoms. The van der Waals surface area contributed by atoms with E-state index >= 15 is 0 Å². The molecule has 0 saturated heterocycles. The highest BCUT2D eigenvalue weighted by atomic mass is 32.1. The third-order valence-electron chi connectivity index (χ3n) is 3.75. The summed E-state index contributed by atoms with van der Waals surface area (Å²) >= 11 is 0.882. The van der Waals surface area contributed by atoms with E-state index in [1.165, 1.54) is 12.3 Å². The quantitative estimate of drug-likeness (QED) is 0.498. The third-order valence-corrected chi connectivity index (χ3v) is 4.75. The Balaban J connectivity index is 2.48. The van der Waals surface area contributed by atoms with Crippen LogP contribution >= 0.6 is 11.3 Å². The summed E-state index contributed by atoms with van der Waals surface area (Å²) in [6, 6.07) is 0.526. The standard InChI is InChI=1S/C17H12F3NO5S/c1-3-25-17(24)11-15(23)9-4-10(18)12(19)13(20)14(9)21-8(5-26-7(2)22)6-27-16(11)21/h4,6H,3,5H2,1-2H3. The number of thiazole rings is 1. The molecule has 0 aliphatic heterocycles. The number of fused-ring (bicyclic) bond motifs is 3. The second kappa shape index (κ2) is 7.03. The van der Waals surface area contributed by atoms with Crippen molar-refractivity contribution in [1.82, 2.24) is 4.40 Å². The van der Waals surface area contributed by atoms with Gasteiger partial charge < -0.3 is 9.47 Å². The molecule has 10 heteroatoms. The highest BCUT2D eigenvalue weighted by Gasteiger charge is 2.27. The largest absolute Gasteiger partial charge is 0.462 e. The van der Waals surface area contributed by atoms with Gasteiger partial charge in [-0.2, -0.15) is 0 Å². The minimum Gasteiger partial charge on any atom is -0.462 e. The first-order chi connectivity index (χ1) is 12.8. The van der Waals surface area contributed by atoms with Crippen molar-refractivity contribution < 1.29 is 32.2 Å². The van der Waals surface area contributed by atoms with Crippen molar-refractivity contribution in [2.45, 2.75) is 20.5 Å². The lowest BCUT2D eigenvalue weighted by Crippen LogP contribution is -2.21. The van der Waals surface area contributed by atoms with Crippen molar-refractivity contribution >= 4 is 39.0 Å². The highest BCUT2D eigenvalue weighted by Crippen LogP contribution is 2.29. The van der Waals surface area contributed by atoms with Crippen LogP contribution in [0.25, 0.3) is 15.7 Å². The van der Waals surface area contributed by atoms with Crippen molar-refractivity contribution in [2.24, 2.45) is 0 Å². The average molecular weight is 399 g/mol. The van der Waals surface area contributed by atoms with Gasteiger partial charge in [-0.15, -0.1) is 11.3 Å². The van der Waals surface area contributed by atoms with Crippen LogP contribution in [0.2, 0.25) is 0 Å². The van der Waals surface area contributed by atoms with Gasteiger partial charge in [0.05, 0.1) is 23.2 Å². The van der Waals surface area contributed by atoms with Gasteiger partial charge in [-0.25, -0.2) is 18.0 Å². The fourth-order valence-corrected chi connectivity index (χ4v) is 3.67. The average Bonchev–Trinajstić information content (AvgIpc) is 3.01. The number of benzene rings is 1. The minimum absolute atomic E-state index is 0.0275. The van der Waals surface area contributed by atoms with E-state index in [1.54, 1.807) is 0 Å². The fraction of sp³-hybridized carbons (Fsp3) is 0.235. The Bertz CT molecular complexity index is 1150.